The van der Waals surface area contributed by atoms with Gasteiger partial charge in [-0.25, -0.2) is 0 Å². The van der Waals surface area contributed by atoms with Crippen molar-refractivity contribution in [1.82, 2.24) is 9.88 Å². The van der Waals surface area contributed by atoms with Crippen molar-refractivity contribution in [1.29, 1.82) is 0 Å². The molecule has 106 valence electrons. The van der Waals surface area contributed by atoms with E-state index in [4.69, 9.17) is 10.6 Å². The number of hydrazine groups is 1. The molecule has 0 radical (unpaired) electrons. The van der Waals surface area contributed by atoms with Crippen LogP contribution in [0, 0.1) is 6.92 Å². The highest BCUT2D eigenvalue weighted by molar-refractivity contribution is 5.99. The maximum absolute atomic E-state index is 12.5. The Morgan fingerprint density at radius 3 is 2.79 bits per heavy atom. The number of hydrogen-bond donors (Lipinski definition) is 2. The summed E-state index contributed by atoms with van der Waals surface area (Å²) in [5.74, 6) is 5.36. The van der Waals surface area contributed by atoms with Crippen molar-refractivity contribution in [3.05, 3.63) is 23.5 Å². The summed E-state index contributed by atoms with van der Waals surface area (Å²) in [6.07, 6.45) is 1.55. The van der Waals surface area contributed by atoms with Gasteiger partial charge in [0.2, 0.25) is 0 Å². The first-order chi connectivity index (χ1) is 9.01. The number of nitrogen functional groups attached to an aromatic ring is 1. The predicted molar refractivity (Wildman–Crippen MR) is 74.8 cm³/mol. The molecular formula is C13H22N4O2. The number of nitrogens with zero attached hydrogens (tertiary/aromatic N) is 2. The Labute approximate surface area is 113 Å². The fraction of sp³-hybridized carbons (Fsp3) is 0.538. The number of aromatic nitrogens is 1. The van der Waals surface area contributed by atoms with E-state index in [2.05, 4.69) is 10.4 Å². The lowest BCUT2D eigenvalue weighted by Gasteiger charge is -2.27. The highest BCUT2D eigenvalue weighted by atomic mass is 16.5. The van der Waals surface area contributed by atoms with Crippen LogP contribution in [0.5, 0.6) is 0 Å². The standard InChI is InChI=1S/C13H22N4O2/c1-9(2)17(5-6-19-4)13(18)11-8-15-10(3)7-12(11)16-14/h7-9H,5-6,14H2,1-4H3,(H,15,16). The third kappa shape index (κ3) is 3.90. The molecule has 1 amide bonds. The van der Waals surface area contributed by atoms with Gasteiger partial charge in [0, 0.05) is 31.6 Å². The number of nitrogens with one attached hydrogen (secondary N) is 1. The largest absolute Gasteiger partial charge is 0.383 e. The summed E-state index contributed by atoms with van der Waals surface area (Å²) in [5, 5.41) is 0. The lowest BCUT2D eigenvalue weighted by atomic mass is 10.1. The molecule has 0 fully saturated rings. The molecule has 0 unspecified atom stereocenters. The molecule has 1 aromatic rings. The summed E-state index contributed by atoms with van der Waals surface area (Å²) in [4.78, 5) is 18.4. The molecule has 0 spiro atoms. The molecular weight excluding hydrogens is 244 g/mol. The van der Waals surface area contributed by atoms with Crippen molar-refractivity contribution in [3.8, 4) is 0 Å². The second-order valence-corrected chi connectivity index (χ2v) is 4.60. The van der Waals surface area contributed by atoms with E-state index in [0.717, 1.165) is 5.69 Å². The minimum atomic E-state index is -0.104. The number of carbonyl (C=O) groups excluding carboxylic acids is 1. The Balaban J connectivity index is 3.02. The number of hydrogen-bond acceptors (Lipinski definition) is 5. The third-order valence-corrected chi connectivity index (χ3v) is 2.85. The summed E-state index contributed by atoms with van der Waals surface area (Å²) in [7, 11) is 1.61. The zero-order valence-corrected chi connectivity index (χ0v) is 11.9. The second kappa shape index (κ2) is 7.06. The molecule has 6 heteroatoms. The summed E-state index contributed by atoms with van der Waals surface area (Å²) < 4.78 is 5.03. The SMILES string of the molecule is COCCN(C(=O)c1cnc(C)cc1NN)C(C)C. The highest BCUT2D eigenvalue weighted by Crippen LogP contribution is 2.17. The van der Waals surface area contributed by atoms with Crippen LogP contribution >= 0.6 is 0 Å². The van der Waals surface area contributed by atoms with Crippen LogP contribution in [0.25, 0.3) is 0 Å². The highest BCUT2D eigenvalue weighted by Gasteiger charge is 2.21. The van der Waals surface area contributed by atoms with E-state index in [1.807, 2.05) is 20.8 Å². The molecule has 0 aliphatic heterocycles. The zero-order valence-electron chi connectivity index (χ0n) is 11.9. The molecule has 0 aliphatic carbocycles. The molecule has 1 heterocycles. The summed E-state index contributed by atoms with van der Waals surface area (Å²) in [5.41, 5.74) is 4.41. The molecule has 0 aliphatic rings. The summed E-state index contributed by atoms with van der Waals surface area (Å²) in [6, 6.07) is 1.83. The third-order valence-electron chi connectivity index (χ3n) is 2.85. The number of carbonyl (C=O) groups is 1. The van der Waals surface area contributed by atoms with E-state index in [1.54, 1.807) is 24.3 Å². The fourth-order valence-electron chi connectivity index (χ4n) is 1.79. The van der Waals surface area contributed by atoms with Crippen LogP contribution in [-0.2, 0) is 4.74 Å². The lowest BCUT2D eigenvalue weighted by Crippen LogP contribution is -2.39. The van der Waals surface area contributed by atoms with Gasteiger partial charge in [0.1, 0.15) is 0 Å². The van der Waals surface area contributed by atoms with E-state index in [0.29, 0.717) is 24.4 Å². The number of pyridine rings is 1. The molecule has 6 nitrogen and oxygen atoms in total. The zero-order chi connectivity index (χ0) is 14.4. The summed E-state index contributed by atoms with van der Waals surface area (Å²) >= 11 is 0. The number of amides is 1. The van der Waals surface area contributed by atoms with E-state index in [-0.39, 0.29) is 11.9 Å². The maximum Gasteiger partial charge on any atom is 0.257 e. The molecule has 3 N–H and O–H groups in total. The molecule has 0 saturated carbocycles. The van der Waals surface area contributed by atoms with Crippen molar-refractivity contribution in [2.45, 2.75) is 26.8 Å². The Morgan fingerprint density at radius 2 is 2.26 bits per heavy atom. The molecule has 0 atom stereocenters. The average Bonchev–Trinajstić information content (AvgIpc) is 2.38. The van der Waals surface area contributed by atoms with Gasteiger partial charge in [-0.05, 0) is 26.8 Å². The van der Waals surface area contributed by atoms with Gasteiger partial charge in [0.15, 0.2) is 0 Å². The Kier molecular flexibility index (Phi) is 5.72. The second-order valence-electron chi connectivity index (χ2n) is 4.60. The molecule has 1 aromatic heterocycles. The van der Waals surface area contributed by atoms with Crippen LogP contribution in [-0.4, -0.2) is 42.1 Å². The summed E-state index contributed by atoms with van der Waals surface area (Å²) in [6.45, 7) is 6.80. The van der Waals surface area contributed by atoms with Crippen LogP contribution in [0.15, 0.2) is 12.3 Å². The smallest absolute Gasteiger partial charge is 0.257 e. The first kappa shape index (κ1) is 15.4. The molecule has 0 saturated heterocycles. The minimum Gasteiger partial charge on any atom is -0.383 e. The number of rotatable bonds is 6. The van der Waals surface area contributed by atoms with Crippen molar-refractivity contribution in [3.63, 3.8) is 0 Å². The van der Waals surface area contributed by atoms with E-state index >= 15 is 0 Å². The van der Waals surface area contributed by atoms with Crippen molar-refractivity contribution >= 4 is 11.6 Å². The van der Waals surface area contributed by atoms with Crippen LogP contribution in [0.3, 0.4) is 0 Å². The average molecular weight is 266 g/mol. The molecule has 0 bridgehead atoms. The van der Waals surface area contributed by atoms with Crippen LogP contribution < -0.4 is 11.3 Å². The number of nitrogens with two attached hydrogens (primary N) is 1. The first-order valence-electron chi connectivity index (χ1n) is 6.24. The monoisotopic (exact) mass is 266 g/mol. The Bertz CT molecular complexity index is 435. The van der Waals surface area contributed by atoms with Gasteiger partial charge in [0.25, 0.3) is 5.91 Å². The quantitative estimate of drug-likeness (QED) is 0.597. The van der Waals surface area contributed by atoms with Crippen molar-refractivity contribution < 1.29 is 9.53 Å². The molecule has 19 heavy (non-hydrogen) atoms. The van der Waals surface area contributed by atoms with Crippen LogP contribution in [0.1, 0.15) is 29.9 Å². The Morgan fingerprint density at radius 1 is 1.58 bits per heavy atom. The number of methoxy groups -OCH3 is 1. The van der Waals surface area contributed by atoms with Gasteiger partial charge in [0.05, 0.1) is 17.9 Å². The van der Waals surface area contributed by atoms with Gasteiger partial charge >= 0.3 is 0 Å². The van der Waals surface area contributed by atoms with Crippen LogP contribution in [0.2, 0.25) is 0 Å². The van der Waals surface area contributed by atoms with Crippen LogP contribution in [0.4, 0.5) is 5.69 Å². The van der Waals surface area contributed by atoms with Gasteiger partial charge in [-0.1, -0.05) is 0 Å². The fourth-order valence-corrected chi connectivity index (χ4v) is 1.79. The van der Waals surface area contributed by atoms with Gasteiger partial charge < -0.3 is 15.1 Å². The molecule has 1 rings (SSSR count). The van der Waals surface area contributed by atoms with Crippen molar-refractivity contribution in [2.24, 2.45) is 5.84 Å². The maximum atomic E-state index is 12.5. The van der Waals surface area contributed by atoms with Gasteiger partial charge in [-0.2, -0.15) is 0 Å². The number of aryl methyl sites for hydroxylation is 1. The predicted octanol–water partition coefficient (Wildman–Crippen LogP) is 1.17. The van der Waals surface area contributed by atoms with E-state index in [1.165, 1.54) is 0 Å². The van der Waals surface area contributed by atoms with Crippen molar-refractivity contribution in [2.75, 3.05) is 25.7 Å². The first-order valence-corrected chi connectivity index (χ1v) is 6.24. The number of ether oxygens (including phenoxy) is 1. The molecule has 0 aromatic carbocycles. The minimum absolute atomic E-state index is 0.0783. The Hall–Kier alpha value is -1.66. The van der Waals surface area contributed by atoms with E-state index in [9.17, 15) is 4.79 Å². The van der Waals surface area contributed by atoms with E-state index < -0.39 is 0 Å². The topological polar surface area (TPSA) is 80.5 Å². The normalized spacial score (nSPS) is 10.6. The van der Waals surface area contributed by atoms with Gasteiger partial charge in [-0.3, -0.25) is 15.6 Å². The number of anilines is 1. The van der Waals surface area contributed by atoms with Gasteiger partial charge in [-0.15, -0.1) is 0 Å². The lowest BCUT2D eigenvalue weighted by molar-refractivity contribution is 0.0635.